The SMILES string of the molecule is CCO[C@H](C)CN(C)C(=O)NCc1nccn1C(C)C. The van der Waals surface area contributed by atoms with Gasteiger partial charge in [0.05, 0.1) is 12.6 Å². The fourth-order valence-corrected chi connectivity index (χ4v) is 2.05. The van der Waals surface area contributed by atoms with Gasteiger partial charge in [-0.1, -0.05) is 0 Å². The van der Waals surface area contributed by atoms with Gasteiger partial charge in [-0.2, -0.15) is 0 Å². The average Bonchev–Trinajstić information content (AvgIpc) is 2.84. The number of nitrogens with one attached hydrogen (secondary N) is 1. The molecule has 6 heteroatoms. The van der Waals surface area contributed by atoms with Crippen LogP contribution < -0.4 is 5.32 Å². The first kappa shape index (κ1) is 16.5. The lowest BCUT2D eigenvalue weighted by atomic mass is 10.3. The van der Waals surface area contributed by atoms with Gasteiger partial charge < -0.3 is 19.5 Å². The lowest BCUT2D eigenvalue weighted by molar-refractivity contribution is 0.0580. The number of nitrogens with zero attached hydrogens (tertiary/aromatic N) is 3. The highest BCUT2D eigenvalue weighted by Crippen LogP contribution is 2.07. The van der Waals surface area contributed by atoms with E-state index in [9.17, 15) is 4.79 Å². The van der Waals surface area contributed by atoms with Crippen molar-refractivity contribution >= 4 is 6.03 Å². The number of urea groups is 1. The molecule has 1 heterocycles. The lowest BCUT2D eigenvalue weighted by Crippen LogP contribution is -2.41. The van der Waals surface area contributed by atoms with Crippen LogP contribution in [0, 0.1) is 0 Å². The van der Waals surface area contributed by atoms with Crippen LogP contribution in [-0.2, 0) is 11.3 Å². The fourth-order valence-electron chi connectivity index (χ4n) is 2.05. The van der Waals surface area contributed by atoms with Gasteiger partial charge >= 0.3 is 6.03 Å². The van der Waals surface area contributed by atoms with Gasteiger partial charge in [0.2, 0.25) is 0 Å². The summed E-state index contributed by atoms with van der Waals surface area (Å²) >= 11 is 0. The zero-order valence-electron chi connectivity index (χ0n) is 13.1. The smallest absolute Gasteiger partial charge is 0.317 e. The maximum atomic E-state index is 12.0. The van der Waals surface area contributed by atoms with E-state index in [0.29, 0.717) is 25.7 Å². The molecule has 1 aromatic rings. The van der Waals surface area contributed by atoms with E-state index in [0.717, 1.165) is 5.82 Å². The summed E-state index contributed by atoms with van der Waals surface area (Å²) < 4.78 is 7.47. The number of carbonyl (C=O) groups excluding carboxylic acids is 1. The van der Waals surface area contributed by atoms with Crippen molar-refractivity contribution in [3.8, 4) is 0 Å². The van der Waals surface area contributed by atoms with E-state index in [1.165, 1.54) is 0 Å². The summed E-state index contributed by atoms with van der Waals surface area (Å²) in [6, 6.07) is 0.218. The summed E-state index contributed by atoms with van der Waals surface area (Å²) in [7, 11) is 1.76. The van der Waals surface area contributed by atoms with Crippen LogP contribution in [0.15, 0.2) is 12.4 Å². The Labute approximate surface area is 121 Å². The van der Waals surface area contributed by atoms with Crippen LogP contribution in [0.1, 0.15) is 39.6 Å². The summed E-state index contributed by atoms with van der Waals surface area (Å²) in [5.41, 5.74) is 0. The highest BCUT2D eigenvalue weighted by atomic mass is 16.5. The van der Waals surface area contributed by atoms with Crippen molar-refractivity contribution in [2.45, 2.75) is 46.4 Å². The van der Waals surface area contributed by atoms with Crippen LogP contribution in [0.5, 0.6) is 0 Å². The Hall–Kier alpha value is -1.56. The summed E-state index contributed by atoms with van der Waals surface area (Å²) in [5.74, 6) is 0.861. The first-order chi connectivity index (χ1) is 9.45. The molecule has 0 saturated heterocycles. The number of aromatic nitrogens is 2. The Morgan fingerprint density at radius 1 is 1.50 bits per heavy atom. The number of ether oxygens (including phenoxy) is 1. The molecule has 0 aromatic carbocycles. The summed E-state index contributed by atoms with van der Waals surface area (Å²) in [4.78, 5) is 17.9. The zero-order chi connectivity index (χ0) is 15.1. The summed E-state index contributed by atoms with van der Waals surface area (Å²) in [5, 5.41) is 2.88. The van der Waals surface area contributed by atoms with Crippen LogP contribution >= 0.6 is 0 Å². The van der Waals surface area contributed by atoms with Crippen LogP contribution in [0.4, 0.5) is 4.79 Å². The minimum Gasteiger partial charge on any atom is -0.377 e. The standard InChI is InChI=1S/C14H26N4O2/c1-6-20-12(4)10-17(5)14(19)16-9-13-15-7-8-18(13)11(2)3/h7-8,11-12H,6,9-10H2,1-5H3,(H,16,19)/t12-/m1/s1. The highest BCUT2D eigenvalue weighted by molar-refractivity contribution is 5.73. The topological polar surface area (TPSA) is 59.4 Å². The molecule has 20 heavy (non-hydrogen) atoms. The first-order valence-corrected chi connectivity index (χ1v) is 7.08. The molecular formula is C14H26N4O2. The van der Waals surface area contributed by atoms with Gasteiger partial charge in [-0.05, 0) is 27.7 Å². The molecule has 0 radical (unpaired) electrons. The van der Waals surface area contributed by atoms with Crippen molar-refractivity contribution in [2.24, 2.45) is 0 Å². The van der Waals surface area contributed by atoms with Gasteiger partial charge in [0, 0.05) is 38.6 Å². The van der Waals surface area contributed by atoms with Crippen LogP contribution in [0.2, 0.25) is 0 Å². The number of imidazole rings is 1. The molecule has 0 aliphatic carbocycles. The van der Waals surface area contributed by atoms with Crippen molar-refractivity contribution in [1.29, 1.82) is 0 Å². The second-order valence-electron chi connectivity index (χ2n) is 5.15. The Morgan fingerprint density at radius 2 is 2.20 bits per heavy atom. The van der Waals surface area contributed by atoms with Crippen molar-refractivity contribution in [2.75, 3.05) is 20.2 Å². The van der Waals surface area contributed by atoms with Crippen molar-refractivity contribution in [1.82, 2.24) is 19.8 Å². The Kier molecular flexibility index (Phi) is 6.51. The molecule has 2 amide bonds. The van der Waals surface area contributed by atoms with E-state index in [1.807, 2.05) is 24.6 Å². The van der Waals surface area contributed by atoms with Gasteiger partial charge in [-0.3, -0.25) is 0 Å². The van der Waals surface area contributed by atoms with E-state index < -0.39 is 0 Å². The third-order valence-electron chi connectivity index (χ3n) is 3.03. The number of likely N-dealkylation sites (N-methyl/N-ethyl adjacent to an activating group) is 1. The Morgan fingerprint density at radius 3 is 2.80 bits per heavy atom. The molecule has 0 fully saturated rings. The van der Waals surface area contributed by atoms with Crippen LogP contribution in [0.25, 0.3) is 0 Å². The molecule has 0 saturated carbocycles. The van der Waals surface area contributed by atoms with Crippen LogP contribution in [-0.4, -0.2) is 46.8 Å². The molecule has 0 aliphatic rings. The monoisotopic (exact) mass is 282 g/mol. The third kappa shape index (κ3) is 4.85. The molecule has 1 aromatic heterocycles. The fraction of sp³-hybridized carbons (Fsp3) is 0.714. The predicted octanol–water partition coefficient (Wildman–Crippen LogP) is 2.03. The maximum absolute atomic E-state index is 12.0. The largest absolute Gasteiger partial charge is 0.377 e. The van der Waals surface area contributed by atoms with Crippen molar-refractivity contribution < 1.29 is 9.53 Å². The molecule has 0 aliphatic heterocycles. The number of carbonyl (C=O) groups is 1. The molecule has 0 spiro atoms. The Bertz CT molecular complexity index is 417. The van der Waals surface area contributed by atoms with E-state index in [2.05, 4.69) is 24.1 Å². The number of rotatable bonds is 7. The highest BCUT2D eigenvalue weighted by Gasteiger charge is 2.13. The molecule has 1 N–H and O–H groups in total. The minimum absolute atomic E-state index is 0.0356. The van der Waals surface area contributed by atoms with E-state index >= 15 is 0 Å². The van der Waals surface area contributed by atoms with Crippen molar-refractivity contribution in [3.05, 3.63) is 18.2 Å². The zero-order valence-corrected chi connectivity index (χ0v) is 13.1. The van der Waals surface area contributed by atoms with Gasteiger partial charge in [-0.15, -0.1) is 0 Å². The van der Waals surface area contributed by atoms with Crippen LogP contribution in [0.3, 0.4) is 0 Å². The lowest BCUT2D eigenvalue weighted by Gasteiger charge is -2.22. The predicted molar refractivity (Wildman–Crippen MR) is 78.6 cm³/mol. The van der Waals surface area contributed by atoms with Gasteiger partial charge in [-0.25, -0.2) is 9.78 Å². The second kappa shape index (κ2) is 7.89. The molecule has 0 bridgehead atoms. The number of amides is 2. The van der Waals surface area contributed by atoms with E-state index in [4.69, 9.17) is 4.74 Å². The van der Waals surface area contributed by atoms with Gasteiger partial charge in [0.25, 0.3) is 0 Å². The third-order valence-corrected chi connectivity index (χ3v) is 3.03. The normalized spacial score (nSPS) is 12.5. The van der Waals surface area contributed by atoms with Gasteiger partial charge in [0.1, 0.15) is 5.82 Å². The number of hydrogen-bond donors (Lipinski definition) is 1. The Balaban J connectivity index is 2.44. The first-order valence-electron chi connectivity index (χ1n) is 7.08. The quantitative estimate of drug-likeness (QED) is 0.832. The van der Waals surface area contributed by atoms with E-state index in [-0.39, 0.29) is 12.1 Å². The molecule has 6 nitrogen and oxygen atoms in total. The molecule has 1 atom stereocenters. The minimum atomic E-state index is -0.116. The van der Waals surface area contributed by atoms with Gasteiger partial charge in [0.15, 0.2) is 0 Å². The molecular weight excluding hydrogens is 256 g/mol. The van der Waals surface area contributed by atoms with E-state index in [1.54, 1.807) is 18.1 Å². The molecule has 1 rings (SSSR count). The molecule has 0 unspecified atom stereocenters. The molecule has 114 valence electrons. The average molecular weight is 282 g/mol. The van der Waals surface area contributed by atoms with Crippen molar-refractivity contribution in [3.63, 3.8) is 0 Å². The number of hydrogen-bond acceptors (Lipinski definition) is 3. The second-order valence-corrected chi connectivity index (χ2v) is 5.15. The summed E-state index contributed by atoms with van der Waals surface area (Å²) in [6.45, 7) is 9.73. The maximum Gasteiger partial charge on any atom is 0.317 e. The summed E-state index contributed by atoms with van der Waals surface area (Å²) in [6.07, 6.45) is 3.71.